The quantitative estimate of drug-likeness (QED) is 0.555. The topological polar surface area (TPSA) is 49.3 Å². The second kappa shape index (κ2) is 9.18. The van der Waals surface area contributed by atoms with Gasteiger partial charge in [0, 0.05) is 29.3 Å². The maximum atomic E-state index is 14.8. The van der Waals surface area contributed by atoms with Crippen molar-refractivity contribution in [3.05, 3.63) is 53.6 Å². The molecule has 28 heavy (non-hydrogen) atoms. The van der Waals surface area contributed by atoms with Gasteiger partial charge in [0.2, 0.25) is 0 Å². The third kappa shape index (κ3) is 4.89. The highest BCUT2D eigenvalue weighted by atomic mass is 19.1. The molecule has 0 spiro atoms. The van der Waals surface area contributed by atoms with Gasteiger partial charge in [0.05, 0.1) is 0 Å². The summed E-state index contributed by atoms with van der Waals surface area (Å²) in [6, 6.07) is 10.8. The van der Waals surface area contributed by atoms with E-state index in [1.54, 1.807) is 6.92 Å². The van der Waals surface area contributed by atoms with Gasteiger partial charge in [-0.2, -0.15) is 0 Å². The molecule has 150 valence electrons. The predicted octanol–water partition coefficient (Wildman–Crippen LogP) is 6.34. The molecule has 2 aromatic rings. The number of nitrogens with one attached hydrogen (secondary N) is 1. The van der Waals surface area contributed by atoms with Gasteiger partial charge >= 0.3 is 5.97 Å². The van der Waals surface area contributed by atoms with Crippen LogP contribution in [0.25, 0.3) is 11.1 Å². The average molecular weight is 387 g/mol. The average Bonchev–Trinajstić information content (AvgIpc) is 3.14. The number of halogens is 2. The van der Waals surface area contributed by atoms with E-state index in [0.29, 0.717) is 24.4 Å². The number of para-hydroxylation sites is 1. The fourth-order valence-corrected chi connectivity index (χ4v) is 4.07. The van der Waals surface area contributed by atoms with Gasteiger partial charge in [-0.1, -0.05) is 38.0 Å². The molecule has 0 saturated heterocycles. The molecule has 0 heterocycles. The van der Waals surface area contributed by atoms with E-state index in [0.717, 1.165) is 24.1 Å². The normalized spacial score (nSPS) is 15.5. The highest BCUT2D eigenvalue weighted by molar-refractivity contribution is 5.78. The van der Waals surface area contributed by atoms with Crippen LogP contribution in [0.2, 0.25) is 0 Å². The third-order valence-corrected chi connectivity index (χ3v) is 5.55. The first-order valence-corrected chi connectivity index (χ1v) is 10.0. The lowest BCUT2D eigenvalue weighted by molar-refractivity contribution is -0.137. The van der Waals surface area contributed by atoms with Gasteiger partial charge in [-0.15, -0.1) is 0 Å². The largest absolute Gasteiger partial charge is 0.481 e. The van der Waals surface area contributed by atoms with Crippen molar-refractivity contribution in [3.63, 3.8) is 0 Å². The van der Waals surface area contributed by atoms with Crippen LogP contribution in [0, 0.1) is 11.6 Å². The van der Waals surface area contributed by atoms with E-state index in [4.69, 9.17) is 5.11 Å². The molecule has 1 aliphatic rings. The summed E-state index contributed by atoms with van der Waals surface area (Å²) in [5, 5.41) is 12.3. The summed E-state index contributed by atoms with van der Waals surface area (Å²) in [4.78, 5) is 10.7. The van der Waals surface area contributed by atoms with Crippen LogP contribution in [-0.4, -0.2) is 17.1 Å². The Labute approximate surface area is 164 Å². The van der Waals surface area contributed by atoms with Crippen LogP contribution in [0.4, 0.5) is 14.5 Å². The molecular weight excluding hydrogens is 360 g/mol. The number of benzene rings is 2. The summed E-state index contributed by atoms with van der Waals surface area (Å²) < 4.78 is 29.6. The van der Waals surface area contributed by atoms with E-state index >= 15 is 0 Å². The zero-order valence-electron chi connectivity index (χ0n) is 16.2. The van der Waals surface area contributed by atoms with Crippen LogP contribution < -0.4 is 5.32 Å². The van der Waals surface area contributed by atoms with Crippen molar-refractivity contribution in [3.8, 4) is 11.1 Å². The SMILES string of the molecule is CC(CCCC(=O)O)c1c(F)cc(-c2ccccc2NC2CCCC2)cc1F. The molecule has 5 heteroatoms. The highest BCUT2D eigenvalue weighted by Gasteiger charge is 2.20. The Balaban J connectivity index is 1.83. The van der Waals surface area contributed by atoms with Gasteiger partial charge in [0.1, 0.15) is 11.6 Å². The summed E-state index contributed by atoms with van der Waals surface area (Å²) in [5.74, 6) is -2.42. The molecule has 1 aliphatic carbocycles. The van der Waals surface area contributed by atoms with E-state index in [9.17, 15) is 13.6 Å². The van der Waals surface area contributed by atoms with Gasteiger partial charge in [-0.3, -0.25) is 4.79 Å². The van der Waals surface area contributed by atoms with Gasteiger partial charge in [0.15, 0.2) is 0 Å². The Morgan fingerprint density at radius 2 is 1.82 bits per heavy atom. The molecule has 3 rings (SSSR count). The Morgan fingerprint density at radius 1 is 1.18 bits per heavy atom. The van der Waals surface area contributed by atoms with Crippen molar-refractivity contribution >= 4 is 11.7 Å². The lowest BCUT2D eigenvalue weighted by Gasteiger charge is -2.19. The van der Waals surface area contributed by atoms with Crippen LogP contribution in [0.5, 0.6) is 0 Å². The maximum Gasteiger partial charge on any atom is 0.303 e. The molecule has 0 aromatic heterocycles. The van der Waals surface area contributed by atoms with Crippen LogP contribution in [0.3, 0.4) is 0 Å². The van der Waals surface area contributed by atoms with E-state index < -0.39 is 17.6 Å². The van der Waals surface area contributed by atoms with Gasteiger partial charge in [-0.25, -0.2) is 8.78 Å². The minimum Gasteiger partial charge on any atom is -0.481 e. The monoisotopic (exact) mass is 387 g/mol. The lowest BCUT2D eigenvalue weighted by Crippen LogP contribution is -2.15. The first-order valence-electron chi connectivity index (χ1n) is 10.0. The molecule has 0 bridgehead atoms. The molecule has 0 amide bonds. The van der Waals surface area contributed by atoms with Crippen molar-refractivity contribution in [1.82, 2.24) is 0 Å². The van der Waals surface area contributed by atoms with E-state index in [2.05, 4.69) is 5.32 Å². The number of carbonyl (C=O) groups is 1. The standard InChI is InChI=1S/C23H27F2NO2/c1-15(7-6-12-22(27)28)23-19(24)13-16(14-20(23)25)18-10-4-5-11-21(18)26-17-8-2-3-9-17/h4-5,10-11,13-15,17,26H,2-3,6-9,12H2,1H3,(H,27,28). The van der Waals surface area contributed by atoms with Crippen molar-refractivity contribution < 1.29 is 18.7 Å². The minimum absolute atomic E-state index is 0.00583. The minimum atomic E-state index is -0.894. The van der Waals surface area contributed by atoms with Gasteiger partial charge < -0.3 is 10.4 Å². The van der Waals surface area contributed by atoms with Crippen molar-refractivity contribution in [2.75, 3.05) is 5.32 Å². The van der Waals surface area contributed by atoms with Crippen LogP contribution >= 0.6 is 0 Å². The number of carboxylic acid groups (broad SMARTS) is 1. The number of hydrogen-bond acceptors (Lipinski definition) is 2. The second-order valence-electron chi connectivity index (χ2n) is 7.71. The maximum absolute atomic E-state index is 14.8. The first-order chi connectivity index (χ1) is 13.5. The number of anilines is 1. The van der Waals surface area contributed by atoms with Crippen LogP contribution in [-0.2, 0) is 4.79 Å². The van der Waals surface area contributed by atoms with Crippen LogP contribution in [0.15, 0.2) is 36.4 Å². The summed E-state index contributed by atoms with van der Waals surface area (Å²) in [7, 11) is 0. The molecule has 1 fully saturated rings. The number of aliphatic carboxylic acids is 1. The van der Waals surface area contributed by atoms with Crippen molar-refractivity contribution in [1.29, 1.82) is 0 Å². The van der Waals surface area contributed by atoms with Crippen molar-refractivity contribution in [2.45, 2.75) is 63.8 Å². The van der Waals surface area contributed by atoms with Crippen molar-refractivity contribution in [2.24, 2.45) is 0 Å². The van der Waals surface area contributed by atoms with E-state index in [1.165, 1.54) is 25.0 Å². The summed E-state index contributed by atoms with van der Waals surface area (Å²) in [6.45, 7) is 1.73. The molecule has 3 nitrogen and oxygen atoms in total. The Morgan fingerprint density at radius 3 is 2.46 bits per heavy atom. The smallest absolute Gasteiger partial charge is 0.303 e. The summed E-state index contributed by atoms with van der Waals surface area (Å²) in [6.07, 6.45) is 5.47. The first kappa shape index (κ1) is 20.3. The fourth-order valence-electron chi connectivity index (χ4n) is 4.07. The molecule has 1 atom stereocenters. The molecule has 2 N–H and O–H groups in total. The van der Waals surface area contributed by atoms with E-state index in [-0.39, 0.29) is 17.9 Å². The molecule has 0 aliphatic heterocycles. The Hall–Kier alpha value is -2.43. The van der Waals surface area contributed by atoms with E-state index in [1.807, 2.05) is 24.3 Å². The summed E-state index contributed by atoms with van der Waals surface area (Å²) in [5.41, 5.74) is 2.24. The number of hydrogen-bond donors (Lipinski definition) is 2. The second-order valence-corrected chi connectivity index (χ2v) is 7.71. The highest BCUT2D eigenvalue weighted by Crippen LogP contribution is 2.35. The Kier molecular flexibility index (Phi) is 6.65. The van der Waals surface area contributed by atoms with Gasteiger partial charge in [-0.05, 0) is 55.4 Å². The Bertz CT molecular complexity index is 808. The third-order valence-electron chi connectivity index (χ3n) is 5.55. The molecule has 1 saturated carbocycles. The molecular formula is C23H27F2NO2. The van der Waals surface area contributed by atoms with Gasteiger partial charge in [0.25, 0.3) is 0 Å². The fraction of sp³-hybridized carbons (Fsp3) is 0.435. The number of rotatable bonds is 8. The molecule has 0 radical (unpaired) electrons. The summed E-state index contributed by atoms with van der Waals surface area (Å²) >= 11 is 0. The lowest BCUT2D eigenvalue weighted by atomic mass is 9.92. The number of carboxylic acids is 1. The zero-order chi connectivity index (χ0) is 20.1. The zero-order valence-corrected chi connectivity index (χ0v) is 16.2. The van der Waals surface area contributed by atoms with Crippen LogP contribution in [0.1, 0.15) is 63.4 Å². The molecule has 1 unspecified atom stereocenters. The predicted molar refractivity (Wildman–Crippen MR) is 108 cm³/mol. The molecule has 2 aromatic carbocycles.